The molecule has 2 heterocycles. The van der Waals surface area contributed by atoms with Crippen LogP contribution in [0.3, 0.4) is 0 Å². The molecule has 2 aromatic heterocycles. The van der Waals surface area contributed by atoms with Gasteiger partial charge in [-0.15, -0.1) is 11.3 Å². The maximum Gasteiger partial charge on any atom is 0.240 e. The summed E-state index contributed by atoms with van der Waals surface area (Å²) >= 11 is 1.24. The summed E-state index contributed by atoms with van der Waals surface area (Å²) in [5.74, 6) is 0.0570. The molecule has 0 spiro atoms. The Labute approximate surface area is 144 Å². The third-order valence-electron chi connectivity index (χ3n) is 3.37. The molecular formula is C17H15NO4S2. The lowest BCUT2D eigenvalue weighted by atomic mass is 10.2. The largest absolute Gasteiger partial charge is 0.461 e. The van der Waals surface area contributed by atoms with E-state index in [1.54, 1.807) is 42.5 Å². The zero-order valence-electron chi connectivity index (χ0n) is 12.9. The van der Waals surface area contributed by atoms with Gasteiger partial charge in [0, 0.05) is 11.4 Å². The predicted octanol–water partition coefficient (Wildman–Crippen LogP) is 3.36. The Kier molecular flexibility index (Phi) is 4.66. The molecule has 0 amide bonds. The summed E-state index contributed by atoms with van der Waals surface area (Å²) in [4.78, 5) is 13.6. The molecule has 1 N–H and O–H groups in total. The van der Waals surface area contributed by atoms with Gasteiger partial charge in [-0.3, -0.25) is 4.79 Å². The van der Waals surface area contributed by atoms with E-state index in [4.69, 9.17) is 4.42 Å². The molecule has 3 rings (SSSR count). The predicted molar refractivity (Wildman–Crippen MR) is 91.7 cm³/mol. The van der Waals surface area contributed by atoms with Gasteiger partial charge in [0.2, 0.25) is 15.8 Å². The second-order valence-electron chi connectivity index (χ2n) is 5.21. The molecule has 0 aliphatic rings. The van der Waals surface area contributed by atoms with E-state index in [2.05, 4.69) is 4.72 Å². The lowest BCUT2D eigenvalue weighted by Gasteiger charge is -2.06. The minimum atomic E-state index is -3.58. The highest BCUT2D eigenvalue weighted by molar-refractivity contribution is 7.89. The number of carbonyl (C=O) groups excluding carboxylic acids is 1. The summed E-state index contributed by atoms with van der Waals surface area (Å²) in [5, 5.41) is 0. The van der Waals surface area contributed by atoms with E-state index >= 15 is 0 Å². The first-order valence-corrected chi connectivity index (χ1v) is 9.49. The molecule has 0 bridgehead atoms. The first kappa shape index (κ1) is 16.6. The Morgan fingerprint density at radius 1 is 1.17 bits per heavy atom. The van der Waals surface area contributed by atoms with Crippen molar-refractivity contribution < 1.29 is 17.6 Å². The van der Waals surface area contributed by atoms with Crippen LogP contribution in [0.5, 0.6) is 0 Å². The van der Waals surface area contributed by atoms with Gasteiger partial charge in [-0.25, -0.2) is 13.1 Å². The molecule has 3 aromatic rings. The molecule has 0 saturated carbocycles. The lowest BCUT2D eigenvalue weighted by Crippen LogP contribution is -2.22. The Bertz CT molecular complexity index is 956. The molecule has 0 atom stereocenters. The molecule has 0 aliphatic carbocycles. The Hall–Kier alpha value is -2.22. The fourth-order valence-corrected chi connectivity index (χ4v) is 4.25. The molecule has 0 unspecified atom stereocenters. The van der Waals surface area contributed by atoms with E-state index in [1.165, 1.54) is 17.6 Å². The van der Waals surface area contributed by atoms with E-state index < -0.39 is 10.0 Å². The zero-order chi connectivity index (χ0) is 17.2. The molecule has 7 heteroatoms. The van der Waals surface area contributed by atoms with E-state index in [1.807, 2.05) is 13.0 Å². The molecular weight excluding hydrogens is 346 g/mol. The van der Waals surface area contributed by atoms with Gasteiger partial charge in [0.15, 0.2) is 5.76 Å². The number of carbonyl (C=O) groups is 1. The molecule has 0 aliphatic heterocycles. The minimum Gasteiger partial charge on any atom is -0.461 e. The van der Waals surface area contributed by atoms with E-state index in [0.717, 1.165) is 10.4 Å². The highest BCUT2D eigenvalue weighted by atomic mass is 32.2. The number of sulfonamides is 1. The van der Waals surface area contributed by atoms with Crippen molar-refractivity contribution >= 4 is 27.1 Å². The second-order valence-corrected chi connectivity index (χ2v) is 8.15. The van der Waals surface area contributed by atoms with Crippen molar-refractivity contribution in [3.8, 4) is 0 Å². The molecule has 5 nitrogen and oxygen atoms in total. The van der Waals surface area contributed by atoms with E-state index in [9.17, 15) is 13.2 Å². The lowest BCUT2D eigenvalue weighted by molar-refractivity contribution is 0.101. The summed E-state index contributed by atoms with van der Waals surface area (Å²) in [7, 11) is -3.58. The molecule has 1 aromatic carbocycles. The van der Waals surface area contributed by atoms with Crippen LogP contribution in [0.25, 0.3) is 0 Å². The van der Waals surface area contributed by atoms with Crippen molar-refractivity contribution in [1.82, 2.24) is 4.72 Å². The van der Waals surface area contributed by atoms with Gasteiger partial charge in [-0.2, -0.15) is 0 Å². The number of hydrogen-bond acceptors (Lipinski definition) is 5. The smallest absolute Gasteiger partial charge is 0.240 e. The SMILES string of the molecule is Cc1cccc(S(=O)(=O)NCc2ccc(C(=O)c3ccco3)s2)c1. The average Bonchev–Trinajstić information content (AvgIpc) is 3.24. The maximum atomic E-state index is 12.3. The summed E-state index contributed by atoms with van der Waals surface area (Å²) in [6, 6.07) is 13.4. The number of ketones is 1. The highest BCUT2D eigenvalue weighted by Gasteiger charge is 2.17. The van der Waals surface area contributed by atoms with Crippen molar-refractivity contribution in [1.29, 1.82) is 0 Å². The van der Waals surface area contributed by atoms with Crippen LogP contribution in [0, 0.1) is 6.92 Å². The van der Waals surface area contributed by atoms with Crippen molar-refractivity contribution in [3.05, 3.63) is 75.9 Å². The van der Waals surface area contributed by atoms with Crippen molar-refractivity contribution in [2.24, 2.45) is 0 Å². The summed E-state index contributed by atoms with van der Waals surface area (Å²) in [5.41, 5.74) is 0.875. The van der Waals surface area contributed by atoms with Crippen molar-refractivity contribution in [2.75, 3.05) is 0 Å². The van der Waals surface area contributed by atoms with Gasteiger partial charge >= 0.3 is 0 Å². The standard InChI is InChI=1S/C17H15NO4S2/c1-12-4-2-5-14(10-12)24(20,21)18-11-13-7-8-16(23-13)17(19)15-6-3-9-22-15/h2-10,18H,11H2,1H3. The van der Waals surface area contributed by atoms with Crippen LogP contribution >= 0.6 is 11.3 Å². The first-order valence-electron chi connectivity index (χ1n) is 7.19. The summed E-state index contributed by atoms with van der Waals surface area (Å²) in [6.07, 6.45) is 1.44. The van der Waals surface area contributed by atoms with Gasteiger partial charge in [-0.05, 0) is 48.9 Å². The Morgan fingerprint density at radius 2 is 2.00 bits per heavy atom. The van der Waals surface area contributed by atoms with Gasteiger partial charge in [0.05, 0.1) is 16.0 Å². The van der Waals surface area contributed by atoms with Gasteiger partial charge in [0.25, 0.3) is 0 Å². The van der Waals surface area contributed by atoms with E-state index in [-0.39, 0.29) is 23.0 Å². The third kappa shape index (κ3) is 3.64. The van der Waals surface area contributed by atoms with Crippen LogP contribution in [0.2, 0.25) is 0 Å². The quantitative estimate of drug-likeness (QED) is 0.683. The van der Waals surface area contributed by atoms with Crippen LogP contribution < -0.4 is 4.72 Å². The van der Waals surface area contributed by atoms with Gasteiger partial charge < -0.3 is 4.42 Å². The zero-order valence-corrected chi connectivity index (χ0v) is 14.5. The highest BCUT2D eigenvalue weighted by Crippen LogP contribution is 2.21. The fraction of sp³-hybridized carbons (Fsp3) is 0.118. The minimum absolute atomic E-state index is 0.131. The number of aryl methyl sites for hydroxylation is 1. The van der Waals surface area contributed by atoms with Crippen LogP contribution in [0.4, 0.5) is 0 Å². The van der Waals surface area contributed by atoms with Crippen molar-refractivity contribution in [3.63, 3.8) is 0 Å². The second kappa shape index (κ2) is 6.72. The number of rotatable bonds is 6. The number of nitrogens with one attached hydrogen (secondary N) is 1. The van der Waals surface area contributed by atoms with Crippen molar-refractivity contribution in [2.45, 2.75) is 18.4 Å². The maximum absolute atomic E-state index is 12.3. The van der Waals surface area contributed by atoms with Gasteiger partial charge in [-0.1, -0.05) is 12.1 Å². The van der Waals surface area contributed by atoms with Crippen LogP contribution in [0.15, 0.2) is 64.1 Å². The molecule has 24 heavy (non-hydrogen) atoms. The molecule has 0 radical (unpaired) electrons. The topological polar surface area (TPSA) is 76.4 Å². The van der Waals surface area contributed by atoms with Gasteiger partial charge in [0.1, 0.15) is 0 Å². The molecule has 124 valence electrons. The van der Waals surface area contributed by atoms with E-state index in [0.29, 0.717) is 4.88 Å². The number of furan rings is 1. The first-order chi connectivity index (χ1) is 11.5. The molecule has 0 saturated heterocycles. The number of thiophene rings is 1. The monoisotopic (exact) mass is 361 g/mol. The Morgan fingerprint density at radius 3 is 2.71 bits per heavy atom. The number of benzene rings is 1. The van der Waals surface area contributed by atoms with Crippen LogP contribution in [-0.2, 0) is 16.6 Å². The summed E-state index contributed by atoms with van der Waals surface area (Å²) < 4.78 is 32.2. The van der Waals surface area contributed by atoms with Crippen LogP contribution in [0.1, 0.15) is 25.9 Å². The van der Waals surface area contributed by atoms with Crippen LogP contribution in [-0.4, -0.2) is 14.2 Å². The summed E-state index contributed by atoms with van der Waals surface area (Å²) in [6.45, 7) is 1.97. The Balaban J connectivity index is 1.70. The normalized spacial score (nSPS) is 11.5. The fourth-order valence-electron chi connectivity index (χ4n) is 2.16. The molecule has 0 fully saturated rings. The third-order valence-corrected chi connectivity index (χ3v) is 5.85. The average molecular weight is 361 g/mol. The number of hydrogen-bond donors (Lipinski definition) is 1.